The summed E-state index contributed by atoms with van der Waals surface area (Å²) in [6.07, 6.45) is 5.81. The smallest absolute Gasteiger partial charge is 0.387 e. The third kappa shape index (κ3) is 8.37. The molecule has 0 radical (unpaired) electrons. The van der Waals surface area contributed by atoms with Gasteiger partial charge in [-0.25, -0.2) is 13.9 Å². The van der Waals surface area contributed by atoms with Crippen molar-refractivity contribution in [2.75, 3.05) is 7.11 Å². The first-order valence-corrected chi connectivity index (χ1v) is 11.4. The van der Waals surface area contributed by atoms with E-state index in [0.29, 0.717) is 11.3 Å². The zero-order valence-corrected chi connectivity index (χ0v) is 20.4. The second-order valence-electron chi connectivity index (χ2n) is 8.04. The Balaban J connectivity index is 0.00000210. The maximum absolute atomic E-state index is 14.1. The number of nitrogens with one attached hydrogen (secondary N) is 1. The summed E-state index contributed by atoms with van der Waals surface area (Å²) >= 11 is 0. The van der Waals surface area contributed by atoms with Crippen LogP contribution in [0.4, 0.5) is 13.2 Å². The molecule has 0 amide bonds. The van der Waals surface area contributed by atoms with Crippen LogP contribution < -0.4 is 15.0 Å². The van der Waals surface area contributed by atoms with Crippen molar-refractivity contribution in [3.05, 3.63) is 53.6 Å². The lowest BCUT2D eigenvalue weighted by atomic mass is 9.92. The molecule has 0 atom stereocenters. The molecule has 0 aliphatic heterocycles. The van der Waals surface area contributed by atoms with Gasteiger partial charge in [0.15, 0.2) is 5.65 Å². The zero-order chi connectivity index (χ0) is 25.8. The molecule has 11 heteroatoms. The fourth-order valence-corrected chi connectivity index (χ4v) is 3.71. The second kappa shape index (κ2) is 13.9. The lowest BCUT2D eigenvalue weighted by Crippen LogP contribution is -2.41. The van der Waals surface area contributed by atoms with Crippen molar-refractivity contribution in [1.29, 1.82) is 0 Å². The van der Waals surface area contributed by atoms with Crippen LogP contribution in [0.2, 0.25) is 0 Å². The van der Waals surface area contributed by atoms with E-state index in [1.165, 1.54) is 16.6 Å². The molecule has 0 spiro atoms. The van der Waals surface area contributed by atoms with E-state index in [2.05, 4.69) is 41.1 Å². The van der Waals surface area contributed by atoms with Gasteiger partial charge in [-0.1, -0.05) is 32.8 Å². The number of aliphatic hydroxyl groups excluding tert-OH is 1. The Labute approximate surface area is 203 Å². The van der Waals surface area contributed by atoms with Crippen LogP contribution in [0.25, 0.3) is 5.65 Å². The van der Waals surface area contributed by atoms with Gasteiger partial charge in [0.1, 0.15) is 24.8 Å². The van der Waals surface area contributed by atoms with E-state index < -0.39 is 12.4 Å². The monoisotopic (exact) mass is 498 g/mol. The van der Waals surface area contributed by atoms with E-state index in [1.54, 1.807) is 18.3 Å². The van der Waals surface area contributed by atoms with Gasteiger partial charge in [0, 0.05) is 18.7 Å². The summed E-state index contributed by atoms with van der Waals surface area (Å²) in [5.74, 6) is -0.809. The summed E-state index contributed by atoms with van der Waals surface area (Å²) in [7, 11) is 1.00. The predicted octanol–water partition coefficient (Wildman–Crippen LogP) is 5.04. The average Bonchev–Trinajstić information content (AvgIpc) is 3.22. The number of aliphatic hydroxyl groups is 1. The number of ether oxygens (including phenoxy) is 2. The Morgan fingerprint density at radius 3 is 2.46 bits per heavy atom. The molecule has 3 rings (SSSR count). The van der Waals surface area contributed by atoms with E-state index in [4.69, 9.17) is 14.7 Å². The van der Waals surface area contributed by atoms with E-state index >= 15 is 0 Å². The van der Waals surface area contributed by atoms with Crippen molar-refractivity contribution < 1.29 is 32.6 Å². The van der Waals surface area contributed by atoms with E-state index in [0.717, 1.165) is 38.9 Å². The predicted molar refractivity (Wildman–Crippen MR) is 125 cm³/mol. The Morgan fingerprint density at radius 2 is 1.80 bits per heavy atom. The van der Waals surface area contributed by atoms with Gasteiger partial charge in [0.05, 0.1) is 17.5 Å². The van der Waals surface area contributed by atoms with Crippen molar-refractivity contribution in [2.45, 2.75) is 71.8 Å². The summed E-state index contributed by atoms with van der Waals surface area (Å²) in [6, 6.07) is 6.95. The van der Waals surface area contributed by atoms with Gasteiger partial charge in [-0.3, -0.25) is 4.84 Å². The summed E-state index contributed by atoms with van der Waals surface area (Å²) < 4.78 is 50.7. The van der Waals surface area contributed by atoms with Gasteiger partial charge in [-0.05, 0) is 38.0 Å². The normalized spacial score (nSPS) is 11.5. The Bertz CT molecular complexity index is 1040. The van der Waals surface area contributed by atoms with Crippen molar-refractivity contribution in [3.8, 4) is 11.6 Å². The topological polar surface area (TPSA) is 90.1 Å². The van der Waals surface area contributed by atoms with Crippen molar-refractivity contribution in [3.63, 3.8) is 0 Å². The van der Waals surface area contributed by atoms with Crippen LogP contribution in [0.3, 0.4) is 0 Å². The van der Waals surface area contributed by atoms with E-state index in [9.17, 15) is 13.2 Å². The quantitative estimate of drug-likeness (QED) is 0.319. The summed E-state index contributed by atoms with van der Waals surface area (Å²) in [4.78, 5) is 10.2. The molecule has 0 aliphatic carbocycles. The van der Waals surface area contributed by atoms with Crippen LogP contribution in [-0.4, -0.2) is 39.0 Å². The number of nitrogens with zero attached hydrogens (tertiary/aromatic N) is 3. The summed E-state index contributed by atoms with van der Waals surface area (Å²) in [6.45, 7) is 3.29. The third-order valence-corrected chi connectivity index (χ3v) is 5.14. The van der Waals surface area contributed by atoms with Crippen molar-refractivity contribution in [2.24, 2.45) is 0 Å². The molecule has 35 heavy (non-hydrogen) atoms. The maximum atomic E-state index is 14.1. The highest BCUT2D eigenvalue weighted by atomic mass is 19.3. The van der Waals surface area contributed by atoms with Crippen molar-refractivity contribution in [1.82, 2.24) is 20.1 Å². The number of halogens is 3. The first-order chi connectivity index (χ1) is 16.8. The highest BCUT2D eigenvalue weighted by molar-refractivity contribution is 5.40. The highest BCUT2D eigenvalue weighted by Crippen LogP contribution is 2.25. The molecular formula is C24H33F3N4O4. The fraction of sp³-hybridized carbons (Fsp3) is 0.500. The molecule has 0 unspecified atom stereocenters. The lowest BCUT2D eigenvalue weighted by Gasteiger charge is -2.29. The van der Waals surface area contributed by atoms with Crippen LogP contribution in [0.1, 0.15) is 57.7 Å². The molecule has 2 aromatic heterocycles. The Hall–Kier alpha value is -2.89. The first kappa shape index (κ1) is 28.3. The minimum atomic E-state index is -3.07. The van der Waals surface area contributed by atoms with Gasteiger partial charge >= 0.3 is 6.61 Å². The first-order valence-electron chi connectivity index (χ1n) is 11.4. The number of hydrogen-bond acceptors (Lipinski definition) is 7. The standard InChI is InChI=1S/C23H29F3N4O3.CH4O/c1-4-11-23(3,12-5-2)29-32-14-16-13-30-20(27-16)9-10-21(28-30)31-15-17-18(24)7-6-8-19(17)33-22(25)26;1-2/h6-10,13,22,29H,4-5,11-12,14-15H2,1-3H3;2H,1H3. The number of imidazole rings is 1. The van der Waals surface area contributed by atoms with Crippen LogP contribution in [0.5, 0.6) is 11.6 Å². The summed E-state index contributed by atoms with van der Waals surface area (Å²) in [5, 5.41) is 11.3. The van der Waals surface area contributed by atoms with Gasteiger partial charge in [-0.2, -0.15) is 14.3 Å². The van der Waals surface area contributed by atoms with Crippen LogP contribution in [-0.2, 0) is 18.1 Å². The van der Waals surface area contributed by atoms with Crippen molar-refractivity contribution >= 4 is 5.65 Å². The molecular weight excluding hydrogens is 465 g/mol. The molecule has 2 N–H and O–H groups in total. The van der Waals surface area contributed by atoms with Gasteiger partial charge < -0.3 is 14.6 Å². The molecule has 8 nitrogen and oxygen atoms in total. The Kier molecular flexibility index (Phi) is 11.2. The minimum Gasteiger partial charge on any atom is -0.472 e. The molecule has 1 aromatic carbocycles. The van der Waals surface area contributed by atoms with Gasteiger partial charge in [-0.15, -0.1) is 5.10 Å². The van der Waals surface area contributed by atoms with Crippen LogP contribution in [0.15, 0.2) is 36.5 Å². The number of aromatic nitrogens is 3. The summed E-state index contributed by atoms with van der Waals surface area (Å²) in [5.41, 5.74) is 4.21. The molecule has 3 aromatic rings. The highest BCUT2D eigenvalue weighted by Gasteiger charge is 2.22. The molecule has 0 bridgehead atoms. The number of alkyl halides is 2. The number of hydrogen-bond donors (Lipinski definition) is 2. The Morgan fingerprint density at radius 1 is 1.09 bits per heavy atom. The van der Waals surface area contributed by atoms with E-state index in [1.807, 2.05) is 0 Å². The molecule has 0 fully saturated rings. The van der Waals surface area contributed by atoms with E-state index in [-0.39, 0.29) is 35.9 Å². The minimum absolute atomic E-state index is 0.0957. The largest absolute Gasteiger partial charge is 0.472 e. The zero-order valence-electron chi connectivity index (χ0n) is 20.4. The SMILES string of the molecule is CCCC(C)(CCC)NOCc1cn2nc(OCc3c(F)cccc3OC(F)F)ccc2n1.CO. The second-order valence-corrected chi connectivity index (χ2v) is 8.04. The molecule has 0 saturated heterocycles. The van der Waals surface area contributed by atoms with Gasteiger partial charge in [0.25, 0.3) is 0 Å². The molecule has 0 saturated carbocycles. The average molecular weight is 499 g/mol. The molecule has 0 aliphatic rings. The number of rotatable bonds is 13. The van der Waals surface area contributed by atoms with Crippen LogP contribution in [0, 0.1) is 5.82 Å². The number of hydroxylamine groups is 1. The number of fused-ring (bicyclic) bond motifs is 1. The fourth-order valence-electron chi connectivity index (χ4n) is 3.71. The molecule has 194 valence electrons. The van der Waals surface area contributed by atoms with Gasteiger partial charge in [0.2, 0.25) is 5.88 Å². The van der Waals surface area contributed by atoms with Crippen LogP contribution >= 0.6 is 0 Å². The third-order valence-electron chi connectivity index (χ3n) is 5.14. The maximum Gasteiger partial charge on any atom is 0.387 e. The molecule has 2 heterocycles. The number of benzene rings is 1. The lowest BCUT2D eigenvalue weighted by molar-refractivity contribution is -0.0510.